The molecule has 88 valence electrons. The van der Waals surface area contributed by atoms with E-state index in [2.05, 4.69) is 16.8 Å². The van der Waals surface area contributed by atoms with Crippen LogP contribution in [-0.2, 0) is 4.79 Å². The molecule has 4 N–H and O–H groups in total. The van der Waals surface area contributed by atoms with Crippen molar-refractivity contribution in [3.8, 4) is 0 Å². The van der Waals surface area contributed by atoms with Crippen molar-refractivity contribution < 1.29 is 4.79 Å². The minimum atomic E-state index is -0.260. The summed E-state index contributed by atoms with van der Waals surface area (Å²) in [6, 6.07) is 0.0703. The first-order valence-corrected chi connectivity index (χ1v) is 5.52. The summed E-state index contributed by atoms with van der Waals surface area (Å²) in [5.41, 5.74) is 11.0. The van der Waals surface area contributed by atoms with Crippen molar-refractivity contribution in [1.82, 2.24) is 9.80 Å². The molecular weight excluding hydrogens is 192 g/mol. The van der Waals surface area contributed by atoms with Crippen molar-refractivity contribution in [2.45, 2.75) is 18.9 Å². The number of nitrogens with zero attached hydrogens (tertiary/aromatic N) is 2. The van der Waals surface area contributed by atoms with Gasteiger partial charge in [0, 0.05) is 45.2 Å². The molecule has 1 fully saturated rings. The average Bonchev–Trinajstić information content (AvgIpc) is 2.19. The van der Waals surface area contributed by atoms with Crippen LogP contribution in [-0.4, -0.2) is 61.5 Å². The number of nitrogens with two attached hydrogens (primary N) is 2. The van der Waals surface area contributed by atoms with Crippen molar-refractivity contribution in [3.05, 3.63) is 0 Å². The van der Waals surface area contributed by atoms with Crippen LogP contribution in [0.2, 0.25) is 0 Å². The number of rotatable bonds is 5. The van der Waals surface area contributed by atoms with Crippen LogP contribution in [0.15, 0.2) is 0 Å². The largest absolute Gasteiger partial charge is 0.370 e. The van der Waals surface area contributed by atoms with Gasteiger partial charge in [0.15, 0.2) is 0 Å². The molecule has 1 aliphatic rings. The van der Waals surface area contributed by atoms with Crippen LogP contribution in [0.1, 0.15) is 12.8 Å². The molecule has 0 aromatic rings. The minimum Gasteiger partial charge on any atom is -0.370 e. The second kappa shape index (κ2) is 6.05. The summed E-state index contributed by atoms with van der Waals surface area (Å²) >= 11 is 0. The molecule has 0 aromatic carbocycles. The van der Waals surface area contributed by atoms with Crippen LogP contribution >= 0.6 is 0 Å². The summed E-state index contributed by atoms with van der Waals surface area (Å²) in [6.07, 6.45) is 1.09. The quantitative estimate of drug-likeness (QED) is 0.604. The van der Waals surface area contributed by atoms with Gasteiger partial charge in [-0.05, 0) is 13.5 Å². The molecule has 0 bridgehead atoms. The third kappa shape index (κ3) is 5.11. The summed E-state index contributed by atoms with van der Waals surface area (Å²) in [4.78, 5) is 15.2. The fourth-order valence-electron chi connectivity index (χ4n) is 1.78. The molecule has 0 radical (unpaired) electrons. The van der Waals surface area contributed by atoms with E-state index in [4.69, 9.17) is 11.5 Å². The van der Waals surface area contributed by atoms with Gasteiger partial charge in [-0.2, -0.15) is 0 Å². The Kier molecular flexibility index (Phi) is 5.01. The lowest BCUT2D eigenvalue weighted by molar-refractivity contribution is -0.118. The molecule has 0 aromatic heterocycles. The van der Waals surface area contributed by atoms with E-state index in [1.807, 2.05) is 0 Å². The fourth-order valence-corrected chi connectivity index (χ4v) is 1.78. The van der Waals surface area contributed by atoms with Gasteiger partial charge in [-0.1, -0.05) is 0 Å². The first kappa shape index (κ1) is 12.4. The smallest absolute Gasteiger partial charge is 0.217 e. The third-order valence-electron chi connectivity index (χ3n) is 2.85. The second-order valence-corrected chi connectivity index (χ2v) is 4.37. The predicted octanol–water partition coefficient (Wildman–Crippen LogP) is -1.17. The number of likely N-dealkylation sites (N-methyl/N-ethyl adjacent to an activating group) is 1. The van der Waals surface area contributed by atoms with Crippen LogP contribution in [0.3, 0.4) is 0 Å². The van der Waals surface area contributed by atoms with Crippen molar-refractivity contribution in [2.75, 3.05) is 39.8 Å². The maximum absolute atomic E-state index is 10.6. The van der Waals surface area contributed by atoms with Crippen molar-refractivity contribution >= 4 is 5.91 Å². The molecule has 1 unspecified atom stereocenters. The van der Waals surface area contributed by atoms with Gasteiger partial charge in [0.05, 0.1) is 0 Å². The first-order chi connectivity index (χ1) is 7.08. The summed E-state index contributed by atoms with van der Waals surface area (Å²) in [5, 5.41) is 0. The highest BCUT2D eigenvalue weighted by Crippen LogP contribution is 2.02. The maximum atomic E-state index is 10.6. The van der Waals surface area contributed by atoms with E-state index in [1.165, 1.54) is 0 Å². The van der Waals surface area contributed by atoms with Crippen molar-refractivity contribution in [2.24, 2.45) is 11.5 Å². The van der Waals surface area contributed by atoms with E-state index >= 15 is 0 Å². The summed E-state index contributed by atoms with van der Waals surface area (Å²) in [7, 11) is 2.13. The minimum absolute atomic E-state index is 0.0703. The van der Waals surface area contributed by atoms with Gasteiger partial charge in [0.25, 0.3) is 0 Å². The molecule has 5 nitrogen and oxygen atoms in total. The number of carbonyl (C=O) groups excluding carboxylic acids is 1. The van der Waals surface area contributed by atoms with Gasteiger partial charge >= 0.3 is 0 Å². The third-order valence-corrected chi connectivity index (χ3v) is 2.85. The van der Waals surface area contributed by atoms with E-state index in [9.17, 15) is 4.79 Å². The molecule has 1 rings (SSSR count). The van der Waals surface area contributed by atoms with Gasteiger partial charge in [-0.15, -0.1) is 0 Å². The lowest BCUT2D eigenvalue weighted by atomic mass is 10.1. The molecule has 1 amide bonds. The highest BCUT2D eigenvalue weighted by molar-refractivity contribution is 5.73. The highest BCUT2D eigenvalue weighted by atomic mass is 16.1. The normalized spacial score (nSPS) is 21.5. The van der Waals surface area contributed by atoms with Gasteiger partial charge in [-0.25, -0.2) is 0 Å². The SMILES string of the molecule is CN1CCN(CC(N)CCC(N)=O)CC1. The predicted molar refractivity (Wildman–Crippen MR) is 60.3 cm³/mol. The monoisotopic (exact) mass is 214 g/mol. The molecule has 0 saturated carbocycles. The Morgan fingerprint density at radius 2 is 1.93 bits per heavy atom. The van der Waals surface area contributed by atoms with E-state index < -0.39 is 0 Å². The first-order valence-electron chi connectivity index (χ1n) is 5.52. The second-order valence-electron chi connectivity index (χ2n) is 4.37. The topological polar surface area (TPSA) is 75.6 Å². The van der Waals surface area contributed by atoms with Gasteiger partial charge in [0.2, 0.25) is 5.91 Å². The van der Waals surface area contributed by atoms with Gasteiger partial charge < -0.3 is 16.4 Å². The molecule has 0 aliphatic carbocycles. The zero-order valence-electron chi connectivity index (χ0n) is 9.48. The van der Waals surface area contributed by atoms with Crippen LogP contribution in [0, 0.1) is 0 Å². The zero-order valence-corrected chi connectivity index (χ0v) is 9.48. The molecule has 1 aliphatic heterocycles. The molecule has 1 saturated heterocycles. The number of carbonyl (C=O) groups is 1. The average molecular weight is 214 g/mol. The Hall–Kier alpha value is -0.650. The number of hydrogen-bond acceptors (Lipinski definition) is 4. The van der Waals surface area contributed by atoms with Crippen LogP contribution < -0.4 is 11.5 Å². The Morgan fingerprint density at radius 1 is 1.33 bits per heavy atom. The summed E-state index contributed by atoms with van der Waals surface area (Å²) < 4.78 is 0. The van der Waals surface area contributed by atoms with E-state index in [0.29, 0.717) is 12.8 Å². The van der Waals surface area contributed by atoms with Crippen LogP contribution in [0.4, 0.5) is 0 Å². The standard InChI is InChI=1S/C10H22N4O/c1-13-4-6-14(7-5-13)8-9(11)2-3-10(12)15/h9H,2-8,11H2,1H3,(H2,12,15). The summed E-state index contributed by atoms with van der Waals surface area (Å²) in [5.74, 6) is -0.260. The Labute approximate surface area is 91.4 Å². The molecule has 1 heterocycles. The van der Waals surface area contributed by atoms with Crippen LogP contribution in [0.5, 0.6) is 0 Å². The highest BCUT2D eigenvalue weighted by Gasteiger charge is 2.16. The molecular formula is C10H22N4O. The molecule has 15 heavy (non-hydrogen) atoms. The van der Waals surface area contributed by atoms with Crippen molar-refractivity contribution in [3.63, 3.8) is 0 Å². The Balaban J connectivity index is 2.14. The lowest BCUT2D eigenvalue weighted by Gasteiger charge is -2.33. The number of piperazine rings is 1. The zero-order chi connectivity index (χ0) is 11.3. The Bertz CT molecular complexity index is 202. The Morgan fingerprint density at radius 3 is 2.47 bits per heavy atom. The van der Waals surface area contributed by atoms with Crippen molar-refractivity contribution in [1.29, 1.82) is 0 Å². The van der Waals surface area contributed by atoms with E-state index in [1.54, 1.807) is 0 Å². The van der Waals surface area contributed by atoms with E-state index in [-0.39, 0.29) is 11.9 Å². The maximum Gasteiger partial charge on any atom is 0.217 e. The van der Waals surface area contributed by atoms with E-state index in [0.717, 1.165) is 32.7 Å². The molecule has 0 spiro atoms. The number of amides is 1. The fraction of sp³-hybridized carbons (Fsp3) is 0.900. The van der Waals surface area contributed by atoms with Gasteiger partial charge in [0.1, 0.15) is 0 Å². The number of hydrogen-bond donors (Lipinski definition) is 2. The van der Waals surface area contributed by atoms with Gasteiger partial charge in [-0.3, -0.25) is 9.69 Å². The summed E-state index contributed by atoms with van der Waals surface area (Å²) in [6.45, 7) is 5.22. The lowest BCUT2D eigenvalue weighted by Crippen LogP contribution is -2.48. The molecule has 1 atom stereocenters. The van der Waals surface area contributed by atoms with Crippen LogP contribution in [0.25, 0.3) is 0 Å². The molecule has 5 heteroatoms. The number of primary amides is 1.